The van der Waals surface area contributed by atoms with Crippen LogP contribution in [-0.2, 0) is 13.1 Å². The van der Waals surface area contributed by atoms with Crippen LogP contribution in [0, 0.1) is 5.82 Å². The molecule has 0 saturated carbocycles. The van der Waals surface area contributed by atoms with Crippen LogP contribution in [0.15, 0.2) is 58.7 Å². The van der Waals surface area contributed by atoms with Gasteiger partial charge < -0.3 is 9.72 Å². The topological polar surface area (TPSA) is 58.2 Å². The van der Waals surface area contributed by atoms with Gasteiger partial charge in [-0.05, 0) is 42.4 Å². The van der Waals surface area contributed by atoms with Crippen LogP contribution < -0.4 is 10.3 Å². The van der Waals surface area contributed by atoms with Crippen molar-refractivity contribution in [1.82, 2.24) is 14.9 Å². The summed E-state index contributed by atoms with van der Waals surface area (Å²) < 4.78 is 18.5. The molecule has 4 rings (SSSR count). The number of hydrogen-bond acceptors (Lipinski definition) is 5. The molecule has 0 unspecified atom stereocenters. The van der Waals surface area contributed by atoms with Crippen molar-refractivity contribution >= 4 is 21.6 Å². The van der Waals surface area contributed by atoms with Crippen molar-refractivity contribution < 1.29 is 9.13 Å². The van der Waals surface area contributed by atoms with Gasteiger partial charge in [0.15, 0.2) is 0 Å². The SMILES string of the molecule is COc1cccc(CN(C)Cc2nc3scc(-c4ccc(F)cc4)c3c(=O)[nH]2)c1. The molecule has 0 aliphatic heterocycles. The van der Waals surface area contributed by atoms with Crippen molar-refractivity contribution in [2.24, 2.45) is 0 Å². The van der Waals surface area contributed by atoms with Crippen LogP contribution in [0.3, 0.4) is 0 Å². The molecule has 7 heteroatoms. The Bertz CT molecular complexity index is 1200. The Morgan fingerprint density at radius 3 is 2.72 bits per heavy atom. The smallest absolute Gasteiger partial charge is 0.260 e. The molecular formula is C22H20FN3O2S. The number of halogens is 1. The predicted octanol–water partition coefficient (Wildman–Crippen LogP) is 4.43. The number of aromatic nitrogens is 2. The maximum atomic E-state index is 13.2. The van der Waals surface area contributed by atoms with Crippen molar-refractivity contribution in [3.8, 4) is 16.9 Å². The highest BCUT2D eigenvalue weighted by Crippen LogP contribution is 2.30. The summed E-state index contributed by atoms with van der Waals surface area (Å²) >= 11 is 1.42. The van der Waals surface area contributed by atoms with Gasteiger partial charge in [-0.1, -0.05) is 24.3 Å². The number of rotatable bonds is 6. The summed E-state index contributed by atoms with van der Waals surface area (Å²) in [6.45, 7) is 1.20. The van der Waals surface area contributed by atoms with Crippen molar-refractivity contribution in [3.05, 3.63) is 81.5 Å². The summed E-state index contributed by atoms with van der Waals surface area (Å²) in [5, 5.41) is 2.44. The van der Waals surface area contributed by atoms with E-state index in [1.807, 2.05) is 36.7 Å². The number of methoxy groups -OCH3 is 1. The second-order valence-electron chi connectivity index (χ2n) is 6.87. The monoisotopic (exact) mass is 409 g/mol. The Balaban J connectivity index is 1.57. The molecule has 0 radical (unpaired) electrons. The van der Waals surface area contributed by atoms with Gasteiger partial charge in [0.25, 0.3) is 5.56 Å². The number of hydrogen-bond donors (Lipinski definition) is 1. The first-order valence-corrected chi connectivity index (χ1v) is 9.99. The van der Waals surface area contributed by atoms with Crippen LogP contribution >= 0.6 is 11.3 Å². The number of benzene rings is 2. The highest BCUT2D eigenvalue weighted by atomic mass is 32.1. The van der Waals surface area contributed by atoms with E-state index in [0.29, 0.717) is 29.1 Å². The maximum Gasteiger partial charge on any atom is 0.260 e. The molecule has 0 fully saturated rings. The number of nitrogens with zero attached hydrogens (tertiary/aromatic N) is 2. The molecule has 0 aliphatic rings. The van der Waals surface area contributed by atoms with Crippen LogP contribution in [0.25, 0.3) is 21.3 Å². The molecule has 2 aromatic carbocycles. The number of thiophene rings is 1. The Labute approximate surface area is 171 Å². The fourth-order valence-corrected chi connectivity index (χ4v) is 4.27. The van der Waals surface area contributed by atoms with Crippen LogP contribution in [-0.4, -0.2) is 29.0 Å². The van der Waals surface area contributed by atoms with Gasteiger partial charge in [-0.25, -0.2) is 9.37 Å². The molecular weight excluding hydrogens is 389 g/mol. The van der Waals surface area contributed by atoms with Gasteiger partial charge in [0, 0.05) is 17.5 Å². The quantitative estimate of drug-likeness (QED) is 0.512. The van der Waals surface area contributed by atoms with Crippen LogP contribution in [0.2, 0.25) is 0 Å². The highest BCUT2D eigenvalue weighted by Gasteiger charge is 2.14. The third-order valence-corrected chi connectivity index (χ3v) is 5.53. The lowest BCUT2D eigenvalue weighted by Gasteiger charge is -2.16. The van der Waals surface area contributed by atoms with E-state index in [2.05, 4.69) is 14.9 Å². The second-order valence-corrected chi connectivity index (χ2v) is 7.73. The van der Waals surface area contributed by atoms with Gasteiger partial charge >= 0.3 is 0 Å². The van der Waals surface area contributed by atoms with Crippen molar-refractivity contribution in [1.29, 1.82) is 0 Å². The van der Waals surface area contributed by atoms with Crippen LogP contribution in [0.1, 0.15) is 11.4 Å². The summed E-state index contributed by atoms with van der Waals surface area (Å²) in [6, 6.07) is 14.0. The van der Waals surface area contributed by atoms with Crippen LogP contribution in [0.4, 0.5) is 4.39 Å². The van der Waals surface area contributed by atoms with E-state index >= 15 is 0 Å². The molecule has 5 nitrogen and oxygen atoms in total. The highest BCUT2D eigenvalue weighted by molar-refractivity contribution is 7.17. The third-order valence-electron chi connectivity index (χ3n) is 4.65. The number of H-pyrrole nitrogens is 1. The van der Waals surface area contributed by atoms with E-state index in [0.717, 1.165) is 22.4 Å². The molecule has 0 bridgehead atoms. The molecule has 0 amide bonds. The first-order chi connectivity index (χ1) is 14.0. The predicted molar refractivity (Wildman–Crippen MR) is 114 cm³/mol. The number of nitrogens with one attached hydrogen (secondary N) is 1. The summed E-state index contributed by atoms with van der Waals surface area (Å²) in [5.74, 6) is 1.12. The zero-order chi connectivity index (χ0) is 20.4. The van der Waals surface area contributed by atoms with Gasteiger partial charge in [0.05, 0.1) is 19.0 Å². The van der Waals surface area contributed by atoms with E-state index in [9.17, 15) is 9.18 Å². The minimum absolute atomic E-state index is 0.180. The Hall–Kier alpha value is -3.03. The fraction of sp³-hybridized carbons (Fsp3) is 0.182. The van der Waals surface area contributed by atoms with E-state index in [1.54, 1.807) is 19.2 Å². The molecule has 29 heavy (non-hydrogen) atoms. The number of fused-ring (bicyclic) bond motifs is 1. The molecule has 0 atom stereocenters. The normalized spacial score (nSPS) is 11.3. The molecule has 0 spiro atoms. The van der Waals surface area contributed by atoms with Crippen molar-refractivity contribution in [3.63, 3.8) is 0 Å². The minimum Gasteiger partial charge on any atom is -0.497 e. The zero-order valence-electron chi connectivity index (χ0n) is 16.1. The van der Waals surface area contributed by atoms with E-state index in [1.165, 1.54) is 23.5 Å². The summed E-state index contributed by atoms with van der Waals surface area (Å²) in [5.41, 5.74) is 2.51. The molecule has 4 aromatic rings. The average Bonchev–Trinajstić information content (AvgIpc) is 3.13. The van der Waals surface area contributed by atoms with Gasteiger partial charge in [0.1, 0.15) is 22.2 Å². The lowest BCUT2D eigenvalue weighted by atomic mass is 10.1. The molecule has 0 aliphatic carbocycles. The second kappa shape index (κ2) is 8.14. The Kier molecular flexibility index (Phi) is 5.42. The summed E-state index contributed by atoms with van der Waals surface area (Å²) in [6.07, 6.45) is 0. The summed E-state index contributed by atoms with van der Waals surface area (Å²) in [7, 11) is 3.62. The van der Waals surface area contributed by atoms with Crippen molar-refractivity contribution in [2.75, 3.05) is 14.2 Å². The van der Waals surface area contributed by atoms with Crippen LogP contribution in [0.5, 0.6) is 5.75 Å². The van der Waals surface area contributed by atoms with Crippen molar-refractivity contribution in [2.45, 2.75) is 13.1 Å². The van der Waals surface area contributed by atoms with E-state index in [-0.39, 0.29) is 11.4 Å². The lowest BCUT2D eigenvalue weighted by molar-refractivity contribution is 0.310. The van der Waals surface area contributed by atoms with E-state index < -0.39 is 0 Å². The fourth-order valence-electron chi connectivity index (χ4n) is 3.30. The molecule has 1 N–H and O–H groups in total. The third kappa shape index (κ3) is 4.21. The molecule has 0 saturated heterocycles. The van der Waals surface area contributed by atoms with Gasteiger partial charge in [-0.3, -0.25) is 9.69 Å². The lowest BCUT2D eigenvalue weighted by Crippen LogP contribution is -2.21. The number of aromatic amines is 1. The Morgan fingerprint density at radius 1 is 1.17 bits per heavy atom. The minimum atomic E-state index is -0.304. The zero-order valence-corrected chi connectivity index (χ0v) is 16.9. The Morgan fingerprint density at radius 2 is 1.97 bits per heavy atom. The van der Waals surface area contributed by atoms with Gasteiger partial charge in [0.2, 0.25) is 0 Å². The first kappa shape index (κ1) is 19.3. The van der Waals surface area contributed by atoms with Gasteiger partial charge in [-0.15, -0.1) is 11.3 Å². The summed E-state index contributed by atoms with van der Waals surface area (Å²) in [4.78, 5) is 23.0. The molecule has 148 valence electrons. The first-order valence-electron chi connectivity index (χ1n) is 9.11. The van der Waals surface area contributed by atoms with Gasteiger partial charge in [-0.2, -0.15) is 0 Å². The number of ether oxygens (including phenoxy) is 1. The maximum absolute atomic E-state index is 13.2. The molecule has 2 heterocycles. The average molecular weight is 409 g/mol. The molecule has 2 aromatic heterocycles. The van der Waals surface area contributed by atoms with E-state index in [4.69, 9.17) is 4.74 Å². The largest absolute Gasteiger partial charge is 0.497 e. The standard InChI is InChI=1S/C22H20FN3O2S/c1-26(11-14-4-3-5-17(10-14)28-2)12-19-24-21(27)20-18(13-29-22(20)25-19)15-6-8-16(23)9-7-15/h3-10,13H,11-12H2,1-2H3,(H,24,25,27).